The minimum atomic E-state index is -0.122. The third-order valence-electron chi connectivity index (χ3n) is 1.84. The Kier molecular flexibility index (Phi) is 4.45. The molecular weight excluding hydrogens is 216 g/mol. The summed E-state index contributed by atoms with van der Waals surface area (Å²) in [5.74, 6) is 0.200. The van der Waals surface area contributed by atoms with Gasteiger partial charge in [0.1, 0.15) is 5.82 Å². The summed E-state index contributed by atoms with van der Waals surface area (Å²) in [5, 5.41) is 5.70. The van der Waals surface area contributed by atoms with Crippen molar-refractivity contribution in [2.75, 3.05) is 18.9 Å². The second kappa shape index (κ2) is 5.63. The zero-order valence-corrected chi connectivity index (χ0v) is 9.38. The molecule has 1 heterocycles. The van der Waals surface area contributed by atoms with Crippen LogP contribution in [0.5, 0.6) is 0 Å². The number of anilines is 1. The quantitative estimate of drug-likeness (QED) is 0.753. The van der Waals surface area contributed by atoms with Gasteiger partial charge in [-0.3, -0.25) is 4.79 Å². The van der Waals surface area contributed by atoms with Gasteiger partial charge in [0.15, 0.2) is 0 Å². The van der Waals surface area contributed by atoms with Gasteiger partial charge < -0.3 is 10.6 Å². The number of nitrogens with one attached hydrogen (secondary N) is 2. The Morgan fingerprint density at radius 3 is 3.00 bits per heavy atom. The van der Waals surface area contributed by atoms with Crippen molar-refractivity contribution in [3.63, 3.8) is 0 Å². The van der Waals surface area contributed by atoms with Crippen LogP contribution in [0.1, 0.15) is 6.92 Å². The molecular formula is C9H13ClN4O. The van der Waals surface area contributed by atoms with Crippen molar-refractivity contribution in [1.82, 2.24) is 15.3 Å². The summed E-state index contributed by atoms with van der Waals surface area (Å²) in [5.41, 5.74) is 0. The number of rotatable bonds is 4. The van der Waals surface area contributed by atoms with Crippen molar-refractivity contribution in [2.45, 2.75) is 6.92 Å². The third-order valence-corrected chi connectivity index (χ3v) is 2.02. The van der Waals surface area contributed by atoms with E-state index >= 15 is 0 Å². The molecule has 1 rings (SSSR count). The highest BCUT2D eigenvalue weighted by Crippen LogP contribution is 2.07. The van der Waals surface area contributed by atoms with E-state index in [1.54, 1.807) is 13.1 Å². The number of hydrogen-bond acceptors (Lipinski definition) is 4. The maximum Gasteiger partial charge on any atom is 0.229 e. The van der Waals surface area contributed by atoms with Crippen LogP contribution < -0.4 is 10.6 Å². The first-order valence-corrected chi connectivity index (χ1v) is 4.95. The first-order chi connectivity index (χ1) is 7.13. The van der Waals surface area contributed by atoms with E-state index in [0.29, 0.717) is 12.4 Å². The van der Waals surface area contributed by atoms with E-state index in [-0.39, 0.29) is 17.1 Å². The van der Waals surface area contributed by atoms with Gasteiger partial charge in [0, 0.05) is 18.7 Å². The van der Waals surface area contributed by atoms with Gasteiger partial charge in [-0.2, -0.15) is 0 Å². The highest BCUT2D eigenvalue weighted by molar-refractivity contribution is 6.28. The topological polar surface area (TPSA) is 66.9 Å². The Morgan fingerprint density at radius 1 is 1.67 bits per heavy atom. The molecule has 0 radical (unpaired) electrons. The lowest BCUT2D eigenvalue weighted by molar-refractivity contribution is -0.119. The Bertz CT molecular complexity index is 345. The van der Waals surface area contributed by atoms with Crippen LogP contribution >= 0.6 is 11.6 Å². The number of carbonyl (C=O) groups is 1. The van der Waals surface area contributed by atoms with Crippen molar-refractivity contribution in [3.05, 3.63) is 17.5 Å². The van der Waals surface area contributed by atoms with Crippen LogP contribution in [0.15, 0.2) is 12.3 Å². The molecule has 0 spiro atoms. The Morgan fingerprint density at radius 2 is 2.40 bits per heavy atom. The molecule has 1 aromatic heterocycles. The summed E-state index contributed by atoms with van der Waals surface area (Å²) in [6.07, 6.45) is 1.49. The SMILES string of the molecule is CNCC(C)C(=O)Nc1ccnc(Cl)n1. The maximum atomic E-state index is 11.6. The summed E-state index contributed by atoms with van der Waals surface area (Å²) in [6, 6.07) is 1.59. The van der Waals surface area contributed by atoms with Gasteiger partial charge in [0.25, 0.3) is 0 Å². The lowest BCUT2D eigenvalue weighted by atomic mass is 10.1. The number of nitrogens with zero attached hydrogens (tertiary/aromatic N) is 2. The van der Waals surface area contributed by atoms with Crippen LogP contribution in [-0.2, 0) is 4.79 Å². The number of hydrogen-bond donors (Lipinski definition) is 2. The lowest BCUT2D eigenvalue weighted by Gasteiger charge is -2.10. The molecule has 0 bridgehead atoms. The zero-order valence-electron chi connectivity index (χ0n) is 8.62. The second-order valence-corrected chi connectivity index (χ2v) is 3.50. The van der Waals surface area contributed by atoms with Crippen molar-refractivity contribution < 1.29 is 4.79 Å². The average Bonchev–Trinajstić information content (AvgIpc) is 2.18. The number of amides is 1. The summed E-state index contributed by atoms with van der Waals surface area (Å²) in [4.78, 5) is 19.1. The largest absolute Gasteiger partial charge is 0.319 e. The standard InChI is InChI=1S/C9H13ClN4O/c1-6(5-11-2)8(15)13-7-3-4-12-9(10)14-7/h3-4,6,11H,5H2,1-2H3,(H,12,13,14,15). The van der Waals surface area contributed by atoms with Gasteiger partial charge in [-0.1, -0.05) is 6.92 Å². The molecule has 5 nitrogen and oxygen atoms in total. The number of aromatic nitrogens is 2. The zero-order chi connectivity index (χ0) is 11.3. The fourth-order valence-electron chi connectivity index (χ4n) is 1.05. The van der Waals surface area contributed by atoms with Gasteiger partial charge >= 0.3 is 0 Å². The third kappa shape index (κ3) is 3.81. The van der Waals surface area contributed by atoms with Crippen molar-refractivity contribution in [1.29, 1.82) is 0 Å². The fourth-order valence-corrected chi connectivity index (χ4v) is 1.20. The van der Waals surface area contributed by atoms with E-state index in [2.05, 4.69) is 20.6 Å². The minimum absolute atomic E-state index is 0.0980. The van der Waals surface area contributed by atoms with Gasteiger partial charge in [-0.05, 0) is 24.7 Å². The maximum absolute atomic E-state index is 11.6. The molecule has 15 heavy (non-hydrogen) atoms. The van der Waals surface area contributed by atoms with Crippen molar-refractivity contribution in [3.8, 4) is 0 Å². The van der Waals surface area contributed by atoms with Crippen LogP contribution in [0.2, 0.25) is 5.28 Å². The predicted molar refractivity (Wildman–Crippen MR) is 58.8 cm³/mol. The van der Waals surface area contributed by atoms with E-state index < -0.39 is 0 Å². The molecule has 0 aliphatic carbocycles. The number of halogens is 1. The van der Waals surface area contributed by atoms with Crippen LogP contribution in [0.3, 0.4) is 0 Å². The molecule has 0 aliphatic heterocycles. The van der Waals surface area contributed by atoms with E-state index in [4.69, 9.17) is 11.6 Å². The molecule has 0 aliphatic rings. The first kappa shape index (κ1) is 11.9. The molecule has 6 heteroatoms. The molecule has 2 N–H and O–H groups in total. The van der Waals surface area contributed by atoms with Crippen molar-refractivity contribution >= 4 is 23.3 Å². The van der Waals surface area contributed by atoms with E-state index in [0.717, 1.165) is 0 Å². The van der Waals surface area contributed by atoms with E-state index in [1.165, 1.54) is 6.20 Å². The van der Waals surface area contributed by atoms with E-state index in [1.807, 2.05) is 6.92 Å². The van der Waals surface area contributed by atoms with Crippen LogP contribution in [-0.4, -0.2) is 29.5 Å². The molecule has 1 atom stereocenters. The Hall–Kier alpha value is -1.20. The predicted octanol–water partition coefficient (Wildman–Crippen LogP) is 0.924. The van der Waals surface area contributed by atoms with Crippen molar-refractivity contribution in [2.24, 2.45) is 5.92 Å². The minimum Gasteiger partial charge on any atom is -0.319 e. The summed E-state index contributed by atoms with van der Waals surface area (Å²) in [6.45, 7) is 2.44. The van der Waals surface area contributed by atoms with Gasteiger partial charge in [-0.25, -0.2) is 9.97 Å². The fraction of sp³-hybridized carbons (Fsp3) is 0.444. The first-order valence-electron chi connectivity index (χ1n) is 4.57. The normalized spacial score (nSPS) is 12.2. The summed E-state index contributed by atoms with van der Waals surface area (Å²) >= 11 is 5.58. The van der Waals surface area contributed by atoms with Gasteiger partial charge in [-0.15, -0.1) is 0 Å². The molecule has 0 saturated carbocycles. The van der Waals surface area contributed by atoms with Crippen LogP contribution in [0, 0.1) is 5.92 Å². The average molecular weight is 229 g/mol. The molecule has 1 aromatic rings. The van der Waals surface area contributed by atoms with E-state index in [9.17, 15) is 4.79 Å². The molecule has 1 amide bonds. The van der Waals surface area contributed by atoms with Crippen LogP contribution in [0.4, 0.5) is 5.82 Å². The highest BCUT2D eigenvalue weighted by atomic mass is 35.5. The number of carbonyl (C=O) groups excluding carboxylic acids is 1. The monoisotopic (exact) mass is 228 g/mol. The summed E-state index contributed by atoms with van der Waals surface area (Å²) in [7, 11) is 1.80. The molecule has 1 unspecified atom stereocenters. The molecule has 82 valence electrons. The highest BCUT2D eigenvalue weighted by Gasteiger charge is 2.12. The Labute approximate surface area is 93.3 Å². The van der Waals surface area contributed by atoms with Crippen LogP contribution in [0.25, 0.3) is 0 Å². The second-order valence-electron chi connectivity index (χ2n) is 3.16. The van der Waals surface area contributed by atoms with Gasteiger partial charge in [0.05, 0.1) is 0 Å². The smallest absolute Gasteiger partial charge is 0.229 e. The molecule has 0 fully saturated rings. The van der Waals surface area contributed by atoms with Gasteiger partial charge in [0.2, 0.25) is 11.2 Å². The summed E-state index contributed by atoms with van der Waals surface area (Å²) < 4.78 is 0. The lowest BCUT2D eigenvalue weighted by Crippen LogP contribution is -2.28. The molecule has 0 saturated heterocycles. The molecule has 0 aromatic carbocycles. The Balaban J connectivity index is 2.58.